The lowest BCUT2D eigenvalue weighted by molar-refractivity contribution is -0.0269. The van der Waals surface area contributed by atoms with Gasteiger partial charge < -0.3 is 9.47 Å². The second-order valence-electron chi connectivity index (χ2n) is 3.70. The fourth-order valence-electron chi connectivity index (χ4n) is 1.55. The van der Waals surface area contributed by atoms with Gasteiger partial charge in [0, 0.05) is 0 Å². The minimum absolute atomic E-state index is 0.0855. The zero-order chi connectivity index (χ0) is 11.4. The van der Waals surface area contributed by atoms with Crippen molar-refractivity contribution < 1.29 is 14.3 Å². The van der Waals surface area contributed by atoms with E-state index in [1.165, 1.54) is 0 Å². The van der Waals surface area contributed by atoms with E-state index in [1.54, 1.807) is 12.1 Å². The molecular formula is C13H14O3. The summed E-state index contributed by atoms with van der Waals surface area (Å²) in [5, 5.41) is 0. The van der Waals surface area contributed by atoms with E-state index in [9.17, 15) is 4.79 Å². The topological polar surface area (TPSA) is 35.5 Å². The molecule has 1 aliphatic rings. The summed E-state index contributed by atoms with van der Waals surface area (Å²) in [4.78, 5) is 11.7. The number of hydrogen-bond donors (Lipinski definition) is 0. The fourth-order valence-corrected chi connectivity index (χ4v) is 1.55. The first kappa shape index (κ1) is 10.9. The van der Waals surface area contributed by atoms with E-state index in [4.69, 9.17) is 9.47 Å². The van der Waals surface area contributed by atoms with Crippen molar-refractivity contribution in [1.82, 2.24) is 0 Å². The minimum Gasteiger partial charge on any atom is -0.452 e. The second kappa shape index (κ2) is 4.94. The average Bonchev–Trinajstić information content (AvgIpc) is 2.33. The lowest BCUT2D eigenvalue weighted by atomic mass is 10.1. The Labute approximate surface area is 94.7 Å². The molecule has 0 spiro atoms. The van der Waals surface area contributed by atoms with Crippen LogP contribution in [0.3, 0.4) is 0 Å². The Morgan fingerprint density at radius 3 is 2.81 bits per heavy atom. The van der Waals surface area contributed by atoms with Gasteiger partial charge in [-0.1, -0.05) is 24.3 Å². The molecule has 3 nitrogen and oxygen atoms in total. The number of carbonyl (C=O) groups excluding carboxylic acids is 1. The first-order valence-corrected chi connectivity index (χ1v) is 5.31. The molecule has 0 fully saturated rings. The van der Waals surface area contributed by atoms with Crippen molar-refractivity contribution in [2.45, 2.75) is 19.1 Å². The van der Waals surface area contributed by atoms with E-state index >= 15 is 0 Å². The third-order valence-electron chi connectivity index (χ3n) is 2.50. The molecule has 0 aliphatic carbocycles. The average molecular weight is 218 g/mol. The number of benzene rings is 1. The van der Waals surface area contributed by atoms with Crippen LogP contribution >= 0.6 is 0 Å². The van der Waals surface area contributed by atoms with E-state index in [0.29, 0.717) is 12.2 Å². The second-order valence-corrected chi connectivity index (χ2v) is 3.70. The van der Waals surface area contributed by atoms with Crippen LogP contribution in [0.15, 0.2) is 42.5 Å². The molecule has 0 aromatic heterocycles. The quantitative estimate of drug-likeness (QED) is 0.564. The summed E-state index contributed by atoms with van der Waals surface area (Å²) in [6.45, 7) is 2.48. The Morgan fingerprint density at radius 1 is 1.38 bits per heavy atom. The van der Waals surface area contributed by atoms with Crippen molar-refractivity contribution in [2.24, 2.45) is 0 Å². The van der Waals surface area contributed by atoms with Crippen molar-refractivity contribution in [3.63, 3.8) is 0 Å². The molecule has 2 atom stereocenters. The van der Waals surface area contributed by atoms with Gasteiger partial charge in [0.05, 0.1) is 18.3 Å². The number of hydrogen-bond acceptors (Lipinski definition) is 3. The van der Waals surface area contributed by atoms with E-state index in [1.807, 2.05) is 37.3 Å². The Hall–Kier alpha value is -1.61. The molecule has 1 aromatic rings. The Bertz CT molecular complexity index is 383. The first-order chi connectivity index (χ1) is 7.77. The van der Waals surface area contributed by atoms with Gasteiger partial charge in [-0.2, -0.15) is 0 Å². The van der Waals surface area contributed by atoms with Gasteiger partial charge in [0.15, 0.2) is 0 Å². The maximum Gasteiger partial charge on any atom is 0.338 e. The van der Waals surface area contributed by atoms with Gasteiger partial charge >= 0.3 is 5.97 Å². The molecule has 0 amide bonds. The molecule has 0 unspecified atom stereocenters. The smallest absolute Gasteiger partial charge is 0.338 e. The molecule has 3 heteroatoms. The highest BCUT2D eigenvalue weighted by molar-refractivity contribution is 5.89. The van der Waals surface area contributed by atoms with Gasteiger partial charge in [-0.15, -0.1) is 0 Å². The third kappa shape index (κ3) is 2.49. The number of esters is 1. The molecule has 1 aliphatic heterocycles. The van der Waals surface area contributed by atoms with Crippen LogP contribution < -0.4 is 0 Å². The van der Waals surface area contributed by atoms with Crippen LogP contribution in [0.1, 0.15) is 17.3 Å². The molecule has 0 saturated heterocycles. The van der Waals surface area contributed by atoms with Crippen LogP contribution in [0, 0.1) is 0 Å². The Balaban J connectivity index is 2.02. The third-order valence-corrected chi connectivity index (χ3v) is 2.50. The van der Waals surface area contributed by atoms with E-state index < -0.39 is 0 Å². The molecule has 0 N–H and O–H groups in total. The fraction of sp³-hybridized carbons (Fsp3) is 0.308. The van der Waals surface area contributed by atoms with Gasteiger partial charge in [-0.3, -0.25) is 0 Å². The van der Waals surface area contributed by atoms with Crippen molar-refractivity contribution >= 4 is 5.97 Å². The highest BCUT2D eigenvalue weighted by Crippen LogP contribution is 2.13. The highest BCUT2D eigenvalue weighted by Gasteiger charge is 2.22. The van der Waals surface area contributed by atoms with Crippen LogP contribution in [0.4, 0.5) is 0 Å². The Morgan fingerprint density at radius 2 is 2.12 bits per heavy atom. The van der Waals surface area contributed by atoms with Gasteiger partial charge in [0.2, 0.25) is 0 Å². The summed E-state index contributed by atoms with van der Waals surface area (Å²) in [5.74, 6) is -0.312. The molecule has 16 heavy (non-hydrogen) atoms. The van der Waals surface area contributed by atoms with Crippen LogP contribution in [0.5, 0.6) is 0 Å². The van der Waals surface area contributed by atoms with Gasteiger partial charge in [0.1, 0.15) is 6.10 Å². The summed E-state index contributed by atoms with van der Waals surface area (Å²) in [5.41, 5.74) is 0.564. The zero-order valence-electron chi connectivity index (χ0n) is 9.13. The van der Waals surface area contributed by atoms with E-state index in [0.717, 1.165) is 0 Å². The number of rotatable bonds is 2. The molecule has 2 rings (SSSR count). The lowest BCUT2D eigenvalue weighted by Gasteiger charge is -2.24. The van der Waals surface area contributed by atoms with Gasteiger partial charge in [0.25, 0.3) is 0 Å². The monoisotopic (exact) mass is 218 g/mol. The normalized spacial score (nSPS) is 24.1. The van der Waals surface area contributed by atoms with Crippen LogP contribution in [-0.4, -0.2) is 24.8 Å². The van der Waals surface area contributed by atoms with Crippen molar-refractivity contribution in [3.8, 4) is 0 Å². The largest absolute Gasteiger partial charge is 0.452 e. The van der Waals surface area contributed by atoms with Crippen LogP contribution in [-0.2, 0) is 9.47 Å². The molecule has 84 valence electrons. The number of ether oxygens (including phenoxy) is 2. The predicted octanol–water partition coefficient (Wildman–Crippen LogP) is 2.19. The van der Waals surface area contributed by atoms with E-state index in [2.05, 4.69) is 0 Å². The number of carbonyl (C=O) groups is 1. The summed E-state index contributed by atoms with van der Waals surface area (Å²) >= 11 is 0. The summed E-state index contributed by atoms with van der Waals surface area (Å²) in [7, 11) is 0. The Kier molecular flexibility index (Phi) is 3.37. The molecule has 0 radical (unpaired) electrons. The van der Waals surface area contributed by atoms with E-state index in [-0.39, 0.29) is 18.2 Å². The maximum atomic E-state index is 11.7. The standard InChI is InChI=1S/C13H14O3/c1-10-12(8-5-9-15-10)16-13(14)11-6-3-2-4-7-11/h2-8,10,12H,9H2,1H3/t10-,12-/m0/s1. The van der Waals surface area contributed by atoms with Crippen LogP contribution in [0.2, 0.25) is 0 Å². The van der Waals surface area contributed by atoms with Crippen molar-refractivity contribution in [3.05, 3.63) is 48.0 Å². The summed E-state index contributed by atoms with van der Waals surface area (Å²) in [6, 6.07) is 8.96. The first-order valence-electron chi connectivity index (χ1n) is 5.31. The minimum atomic E-state index is -0.312. The van der Waals surface area contributed by atoms with Gasteiger partial charge in [-0.25, -0.2) is 4.79 Å². The predicted molar refractivity (Wildman–Crippen MR) is 60.2 cm³/mol. The lowest BCUT2D eigenvalue weighted by Crippen LogP contribution is -2.32. The molecule has 0 bridgehead atoms. The molecular weight excluding hydrogens is 204 g/mol. The molecule has 1 aromatic carbocycles. The molecule has 1 heterocycles. The van der Waals surface area contributed by atoms with Crippen LogP contribution in [0.25, 0.3) is 0 Å². The summed E-state index contributed by atoms with van der Waals surface area (Å²) in [6.07, 6.45) is 3.36. The SMILES string of the molecule is C[C@@H]1OCC=C[C@@H]1OC(=O)c1ccccc1. The summed E-state index contributed by atoms with van der Waals surface area (Å²) < 4.78 is 10.7. The highest BCUT2D eigenvalue weighted by atomic mass is 16.6. The van der Waals surface area contributed by atoms with Gasteiger partial charge in [-0.05, 0) is 25.1 Å². The van der Waals surface area contributed by atoms with Crippen molar-refractivity contribution in [2.75, 3.05) is 6.61 Å². The molecule has 0 saturated carbocycles. The van der Waals surface area contributed by atoms with Crippen molar-refractivity contribution in [1.29, 1.82) is 0 Å². The maximum absolute atomic E-state index is 11.7. The zero-order valence-corrected chi connectivity index (χ0v) is 9.13.